The summed E-state index contributed by atoms with van der Waals surface area (Å²) in [6.07, 6.45) is 2.49. The first-order chi connectivity index (χ1) is 6.83. The lowest BCUT2D eigenvalue weighted by Crippen LogP contribution is -1.92. The molecule has 1 aromatic rings. The van der Waals surface area contributed by atoms with Crippen LogP contribution in [0.3, 0.4) is 0 Å². The highest BCUT2D eigenvalue weighted by Gasteiger charge is 1.87. The zero-order chi connectivity index (χ0) is 10.2. The van der Waals surface area contributed by atoms with Crippen molar-refractivity contribution in [1.29, 1.82) is 0 Å². The molecule has 0 bridgehead atoms. The molecular weight excluding hydrogens is 180 g/mol. The Labute approximate surface area is 81.9 Å². The molecule has 0 saturated heterocycles. The summed E-state index contributed by atoms with van der Waals surface area (Å²) in [7, 11) is 1.31. The van der Waals surface area contributed by atoms with Crippen molar-refractivity contribution in [2.75, 3.05) is 7.11 Å². The molecule has 0 fully saturated rings. The van der Waals surface area contributed by atoms with Gasteiger partial charge in [-0.1, -0.05) is 18.2 Å². The molecule has 0 atom stereocenters. The number of methoxy groups -OCH3 is 1. The summed E-state index contributed by atoms with van der Waals surface area (Å²) in [6, 6.07) is 9.24. The molecule has 0 spiro atoms. The third-order valence-electron chi connectivity index (χ3n) is 1.41. The summed E-state index contributed by atoms with van der Waals surface area (Å²) in [6.45, 7) is 0. The third-order valence-corrected chi connectivity index (χ3v) is 1.41. The van der Waals surface area contributed by atoms with Gasteiger partial charge in [-0.05, 0) is 12.1 Å². The Balaban J connectivity index is 2.50. The van der Waals surface area contributed by atoms with E-state index in [0.29, 0.717) is 0 Å². The number of benzene rings is 1. The zero-order valence-electron chi connectivity index (χ0n) is 7.75. The molecule has 14 heavy (non-hydrogen) atoms. The molecule has 1 rings (SSSR count). The van der Waals surface area contributed by atoms with Crippen LogP contribution >= 0.6 is 0 Å². The number of azo groups is 1. The number of ether oxygens (including phenoxy) is 1. The predicted molar refractivity (Wildman–Crippen MR) is 52.1 cm³/mol. The summed E-state index contributed by atoms with van der Waals surface area (Å²) in [5.74, 6) is -0.447. The Kier molecular flexibility index (Phi) is 4.07. The molecular formula is C10H10N2O2. The summed E-state index contributed by atoms with van der Waals surface area (Å²) in [4.78, 5) is 10.6. The topological polar surface area (TPSA) is 51.0 Å². The Hall–Kier alpha value is -1.97. The van der Waals surface area contributed by atoms with Crippen molar-refractivity contribution < 1.29 is 9.53 Å². The largest absolute Gasteiger partial charge is 0.466 e. The van der Waals surface area contributed by atoms with Crippen LogP contribution in [0.1, 0.15) is 0 Å². The Morgan fingerprint density at radius 1 is 1.36 bits per heavy atom. The third kappa shape index (κ3) is 3.62. The molecule has 0 aliphatic carbocycles. The molecule has 0 amide bonds. The molecule has 0 aliphatic rings. The van der Waals surface area contributed by atoms with Gasteiger partial charge in [0, 0.05) is 6.08 Å². The fourth-order valence-corrected chi connectivity index (χ4v) is 0.757. The van der Waals surface area contributed by atoms with Crippen LogP contribution in [0.15, 0.2) is 52.8 Å². The molecule has 0 heterocycles. The first-order valence-electron chi connectivity index (χ1n) is 4.03. The molecule has 4 heteroatoms. The lowest BCUT2D eigenvalue weighted by molar-refractivity contribution is -0.134. The number of hydrogen-bond acceptors (Lipinski definition) is 4. The second-order valence-corrected chi connectivity index (χ2v) is 2.39. The Morgan fingerprint density at radius 2 is 2.07 bits per heavy atom. The van der Waals surface area contributed by atoms with Gasteiger partial charge in [-0.3, -0.25) is 0 Å². The summed E-state index contributed by atoms with van der Waals surface area (Å²) in [5.41, 5.74) is 0.738. The van der Waals surface area contributed by atoms with E-state index < -0.39 is 5.97 Å². The quantitative estimate of drug-likeness (QED) is 0.417. The monoisotopic (exact) mass is 190 g/mol. The van der Waals surface area contributed by atoms with Crippen LogP contribution in [0.25, 0.3) is 0 Å². The maximum absolute atomic E-state index is 10.6. The van der Waals surface area contributed by atoms with E-state index >= 15 is 0 Å². The van der Waals surface area contributed by atoms with Crippen LogP contribution < -0.4 is 0 Å². The van der Waals surface area contributed by atoms with E-state index in [9.17, 15) is 4.79 Å². The Bertz CT molecular complexity index is 344. The minimum atomic E-state index is -0.447. The summed E-state index contributed by atoms with van der Waals surface area (Å²) < 4.78 is 4.38. The van der Waals surface area contributed by atoms with Gasteiger partial charge in [0.25, 0.3) is 0 Å². The van der Waals surface area contributed by atoms with Crippen LogP contribution in [0, 0.1) is 0 Å². The van der Waals surface area contributed by atoms with E-state index in [-0.39, 0.29) is 0 Å². The molecule has 0 radical (unpaired) electrons. The van der Waals surface area contributed by atoms with Crippen molar-refractivity contribution in [2.24, 2.45) is 10.2 Å². The molecule has 0 aromatic heterocycles. The number of carbonyl (C=O) groups excluding carboxylic acids is 1. The van der Waals surface area contributed by atoms with Crippen molar-refractivity contribution in [3.63, 3.8) is 0 Å². The van der Waals surface area contributed by atoms with Gasteiger partial charge in [0.2, 0.25) is 0 Å². The van der Waals surface area contributed by atoms with Crippen molar-refractivity contribution in [2.45, 2.75) is 0 Å². The van der Waals surface area contributed by atoms with Crippen molar-refractivity contribution in [3.8, 4) is 0 Å². The van der Waals surface area contributed by atoms with E-state index in [4.69, 9.17) is 0 Å². The van der Waals surface area contributed by atoms with Gasteiger partial charge < -0.3 is 4.74 Å². The van der Waals surface area contributed by atoms with Crippen LogP contribution in [0.2, 0.25) is 0 Å². The number of nitrogens with zero attached hydrogens (tertiary/aromatic N) is 2. The normalized spacial score (nSPS) is 10.9. The van der Waals surface area contributed by atoms with Gasteiger partial charge in [0.15, 0.2) is 0 Å². The van der Waals surface area contributed by atoms with E-state index in [1.54, 1.807) is 0 Å². The summed E-state index contributed by atoms with van der Waals surface area (Å²) >= 11 is 0. The van der Waals surface area contributed by atoms with Crippen molar-refractivity contribution in [3.05, 3.63) is 42.6 Å². The van der Waals surface area contributed by atoms with Gasteiger partial charge in [0.05, 0.1) is 19.0 Å². The Morgan fingerprint density at radius 3 is 2.71 bits per heavy atom. The average molecular weight is 190 g/mol. The SMILES string of the molecule is COC(=O)C=CN=Nc1ccccc1. The van der Waals surface area contributed by atoms with Crippen LogP contribution in [-0.2, 0) is 9.53 Å². The second-order valence-electron chi connectivity index (χ2n) is 2.39. The van der Waals surface area contributed by atoms with Gasteiger partial charge in [-0.2, -0.15) is 10.2 Å². The number of rotatable bonds is 3. The average Bonchev–Trinajstić information content (AvgIpc) is 2.25. The minimum absolute atomic E-state index is 0.447. The molecule has 4 nitrogen and oxygen atoms in total. The van der Waals surface area contributed by atoms with Gasteiger partial charge in [0.1, 0.15) is 0 Å². The fraction of sp³-hybridized carbons (Fsp3) is 0.100. The van der Waals surface area contributed by atoms with Gasteiger partial charge in [-0.15, -0.1) is 0 Å². The maximum atomic E-state index is 10.6. The highest BCUT2D eigenvalue weighted by molar-refractivity contribution is 5.81. The summed E-state index contributed by atoms with van der Waals surface area (Å²) in [5, 5.41) is 7.52. The smallest absolute Gasteiger partial charge is 0.332 e. The predicted octanol–water partition coefficient (Wildman–Crippen LogP) is 2.46. The van der Waals surface area contributed by atoms with E-state index in [2.05, 4.69) is 15.0 Å². The lowest BCUT2D eigenvalue weighted by Gasteiger charge is -1.88. The van der Waals surface area contributed by atoms with E-state index in [1.165, 1.54) is 19.4 Å². The standard InChI is InChI=1S/C10H10N2O2/c1-14-10(13)7-8-11-12-9-5-3-2-4-6-9/h2-8H,1H3. The maximum Gasteiger partial charge on any atom is 0.332 e. The van der Waals surface area contributed by atoms with Crippen LogP contribution in [0.4, 0.5) is 5.69 Å². The van der Waals surface area contributed by atoms with Gasteiger partial charge >= 0.3 is 5.97 Å². The zero-order valence-corrected chi connectivity index (χ0v) is 7.75. The van der Waals surface area contributed by atoms with E-state index in [1.807, 2.05) is 30.3 Å². The highest BCUT2D eigenvalue weighted by Crippen LogP contribution is 2.09. The number of esters is 1. The van der Waals surface area contributed by atoms with Crippen LogP contribution in [0.5, 0.6) is 0 Å². The van der Waals surface area contributed by atoms with Crippen molar-refractivity contribution in [1.82, 2.24) is 0 Å². The number of hydrogen-bond donors (Lipinski definition) is 0. The number of carbonyl (C=O) groups is 1. The van der Waals surface area contributed by atoms with Gasteiger partial charge in [-0.25, -0.2) is 4.79 Å². The molecule has 0 saturated carbocycles. The lowest BCUT2D eigenvalue weighted by atomic mass is 10.3. The van der Waals surface area contributed by atoms with E-state index in [0.717, 1.165) is 5.69 Å². The molecule has 1 aromatic carbocycles. The fourth-order valence-electron chi connectivity index (χ4n) is 0.757. The molecule has 0 aliphatic heterocycles. The highest BCUT2D eigenvalue weighted by atomic mass is 16.5. The molecule has 0 unspecified atom stereocenters. The molecule has 72 valence electrons. The minimum Gasteiger partial charge on any atom is -0.466 e. The second kappa shape index (κ2) is 5.64. The first kappa shape index (κ1) is 10.1. The molecule has 0 N–H and O–H groups in total. The van der Waals surface area contributed by atoms with Crippen molar-refractivity contribution >= 4 is 11.7 Å². The van der Waals surface area contributed by atoms with Crippen LogP contribution in [-0.4, -0.2) is 13.1 Å². The first-order valence-corrected chi connectivity index (χ1v) is 4.03.